The third kappa shape index (κ3) is 3.81. The van der Waals surface area contributed by atoms with E-state index in [1.54, 1.807) is 0 Å². The molecule has 5 nitrogen and oxygen atoms in total. The fraction of sp³-hybridized carbons (Fsp3) is 0.667. The van der Waals surface area contributed by atoms with Crippen LogP contribution in [0, 0.1) is 0 Å². The number of fused-ring (bicyclic) bond motifs is 1. The van der Waals surface area contributed by atoms with Crippen molar-refractivity contribution in [1.29, 1.82) is 0 Å². The minimum atomic E-state index is -0.397. The van der Waals surface area contributed by atoms with Crippen LogP contribution in [0.3, 0.4) is 0 Å². The SMILES string of the molecule is CCCOC(=O)c1c(NC(=O)C2CCCO2)sc2c1CCCCC2. The van der Waals surface area contributed by atoms with Gasteiger partial charge in [0.1, 0.15) is 11.1 Å². The Morgan fingerprint density at radius 1 is 1.25 bits per heavy atom. The van der Waals surface area contributed by atoms with Crippen LogP contribution >= 0.6 is 11.3 Å². The van der Waals surface area contributed by atoms with E-state index in [4.69, 9.17) is 9.47 Å². The average Bonchev–Trinajstić information content (AvgIpc) is 3.16. The number of thiophene rings is 1. The van der Waals surface area contributed by atoms with Gasteiger partial charge in [0.05, 0.1) is 12.2 Å². The molecular formula is C18H25NO4S. The van der Waals surface area contributed by atoms with E-state index in [-0.39, 0.29) is 11.9 Å². The lowest BCUT2D eigenvalue weighted by atomic mass is 10.1. The second kappa shape index (κ2) is 8.12. The zero-order chi connectivity index (χ0) is 16.9. The number of esters is 1. The van der Waals surface area contributed by atoms with Gasteiger partial charge in [-0.15, -0.1) is 11.3 Å². The number of carbonyl (C=O) groups is 2. The van der Waals surface area contributed by atoms with Crippen molar-refractivity contribution in [3.63, 3.8) is 0 Å². The van der Waals surface area contributed by atoms with Crippen molar-refractivity contribution >= 4 is 28.2 Å². The van der Waals surface area contributed by atoms with Crippen LogP contribution in [0.1, 0.15) is 66.2 Å². The summed E-state index contributed by atoms with van der Waals surface area (Å²) in [6, 6.07) is 0. The number of anilines is 1. The standard InChI is InChI=1S/C18H25NO4S/c1-2-10-23-18(21)15-12-7-4-3-5-9-14(12)24-17(15)19-16(20)13-8-6-11-22-13/h13H,2-11H2,1H3,(H,19,20). The normalized spacial score (nSPS) is 20.3. The van der Waals surface area contributed by atoms with E-state index < -0.39 is 6.10 Å². The Labute approximate surface area is 146 Å². The van der Waals surface area contributed by atoms with Gasteiger partial charge in [-0.2, -0.15) is 0 Å². The summed E-state index contributed by atoms with van der Waals surface area (Å²) >= 11 is 1.54. The predicted molar refractivity (Wildman–Crippen MR) is 93.8 cm³/mol. The Hall–Kier alpha value is -1.40. The molecule has 1 aliphatic heterocycles. The molecule has 0 radical (unpaired) electrons. The molecule has 0 aromatic carbocycles. The summed E-state index contributed by atoms with van der Waals surface area (Å²) in [6.45, 7) is 3.01. The lowest BCUT2D eigenvalue weighted by Gasteiger charge is -2.11. The zero-order valence-corrected chi connectivity index (χ0v) is 15.0. The zero-order valence-electron chi connectivity index (χ0n) is 14.2. The van der Waals surface area contributed by atoms with E-state index in [2.05, 4.69) is 5.32 Å². The summed E-state index contributed by atoms with van der Waals surface area (Å²) < 4.78 is 10.8. The van der Waals surface area contributed by atoms with Crippen LogP contribution in [0.5, 0.6) is 0 Å². The number of amides is 1. The number of carbonyl (C=O) groups excluding carboxylic acids is 2. The molecule has 0 spiro atoms. The van der Waals surface area contributed by atoms with Crippen LogP contribution in [0.2, 0.25) is 0 Å². The van der Waals surface area contributed by atoms with E-state index in [0.29, 0.717) is 23.8 Å². The van der Waals surface area contributed by atoms with Crippen molar-refractivity contribution in [3.05, 3.63) is 16.0 Å². The molecule has 1 fully saturated rings. The summed E-state index contributed by atoms with van der Waals surface area (Å²) in [7, 11) is 0. The molecule has 1 atom stereocenters. The van der Waals surface area contributed by atoms with Crippen LogP contribution in [0.25, 0.3) is 0 Å². The number of hydrogen-bond donors (Lipinski definition) is 1. The highest BCUT2D eigenvalue weighted by atomic mass is 32.1. The van der Waals surface area contributed by atoms with Gasteiger partial charge in [0.2, 0.25) is 0 Å². The molecule has 2 aliphatic rings. The molecule has 1 N–H and O–H groups in total. The maximum atomic E-state index is 12.6. The maximum absolute atomic E-state index is 12.6. The first-order chi connectivity index (χ1) is 11.7. The smallest absolute Gasteiger partial charge is 0.341 e. The average molecular weight is 351 g/mol. The summed E-state index contributed by atoms with van der Waals surface area (Å²) in [5, 5.41) is 3.58. The van der Waals surface area contributed by atoms with E-state index >= 15 is 0 Å². The van der Waals surface area contributed by atoms with Gasteiger partial charge in [0.15, 0.2) is 0 Å². The molecule has 0 saturated carbocycles. The lowest BCUT2D eigenvalue weighted by molar-refractivity contribution is -0.124. The first-order valence-electron chi connectivity index (χ1n) is 8.94. The minimum absolute atomic E-state index is 0.145. The van der Waals surface area contributed by atoms with E-state index in [1.165, 1.54) is 22.6 Å². The number of aryl methyl sites for hydroxylation is 1. The number of ether oxygens (including phenoxy) is 2. The first-order valence-corrected chi connectivity index (χ1v) is 9.76. The third-order valence-corrected chi connectivity index (χ3v) is 5.73. The fourth-order valence-electron chi connectivity index (χ4n) is 3.29. The Kier molecular flexibility index (Phi) is 5.89. The number of rotatable bonds is 5. The monoisotopic (exact) mass is 351 g/mol. The van der Waals surface area contributed by atoms with Gasteiger partial charge in [0, 0.05) is 11.5 Å². The maximum Gasteiger partial charge on any atom is 0.341 e. The molecule has 132 valence electrons. The van der Waals surface area contributed by atoms with Crippen molar-refractivity contribution in [3.8, 4) is 0 Å². The molecule has 1 aromatic heterocycles. The molecular weight excluding hydrogens is 326 g/mol. The van der Waals surface area contributed by atoms with Crippen LogP contribution < -0.4 is 5.32 Å². The lowest BCUT2D eigenvalue weighted by Crippen LogP contribution is -2.27. The largest absolute Gasteiger partial charge is 0.462 e. The van der Waals surface area contributed by atoms with Gasteiger partial charge in [-0.25, -0.2) is 4.79 Å². The Balaban J connectivity index is 1.86. The van der Waals surface area contributed by atoms with Gasteiger partial charge >= 0.3 is 5.97 Å². The molecule has 1 unspecified atom stereocenters. The second-order valence-corrected chi connectivity index (χ2v) is 7.50. The first kappa shape index (κ1) is 17.4. The molecule has 1 amide bonds. The van der Waals surface area contributed by atoms with E-state index in [0.717, 1.165) is 50.5 Å². The van der Waals surface area contributed by atoms with Gasteiger partial charge in [-0.1, -0.05) is 13.3 Å². The van der Waals surface area contributed by atoms with E-state index in [1.807, 2.05) is 6.92 Å². The Morgan fingerprint density at radius 3 is 2.83 bits per heavy atom. The van der Waals surface area contributed by atoms with Crippen LogP contribution in [0.4, 0.5) is 5.00 Å². The fourth-order valence-corrected chi connectivity index (χ4v) is 4.57. The van der Waals surface area contributed by atoms with Crippen LogP contribution in [-0.4, -0.2) is 31.2 Å². The summed E-state index contributed by atoms with van der Waals surface area (Å²) in [5.41, 5.74) is 1.66. The van der Waals surface area contributed by atoms with Gasteiger partial charge < -0.3 is 14.8 Å². The van der Waals surface area contributed by atoms with Gasteiger partial charge in [-0.3, -0.25) is 4.79 Å². The molecule has 1 aromatic rings. The minimum Gasteiger partial charge on any atom is -0.462 e. The molecule has 2 heterocycles. The molecule has 0 bridgehead atoms. The molecule has 6 heteroatoms. The van der Waals surface area contributed by atoms with Crippen molar-refractivity contribution in [2.75, 3.05) is 18.5 Å². The highest BCUT2D eigenvalue weighted by molar-refractivity contribution is 7.17. The quantitative estimate of drug-likeness (QED) is 0.649. The summed E-state index contributed by atoms with van der Waals surface area (Å²) in [5.74, 6) is -0.452. The van der Waals surface area contributed by atoms with Gasteiger partial charge in [-0.05, 0) is 50.5 Å². The molecule has 24 heavy (non-hydrogen) atoms. The van der Waals surface area contributed by atoms with E-state index in [9.17, 15) is 9.59 Å². The topological polar surface area (TPSA) is 64.6 Å². The Morgan fingerprint density at radius 2 is 2.08 bits per heavy atom. The van der Waals surface area contributed by atoms with Gasteiger partial charge in [0.25, 0.3) is 5.91 Å². The predicted octanol–water partition coefficient (Wildman–Crippen LogP) is 3.70. The second-order valence-electron chi connectivity index (χ2n) is 6.40. The summed E-state index contributed by atoms with van der Waals surface area (Å²) in [4.78, 5) is 26.2. The summed E-state index contributed by atoms with van der Waals surface area (Å²) in [6.07, 6.45) is 7.30. The van der Waals surface area contributed by atoms with Crippen molar-refractivity contribution in [2.45, 2.75) is 64.4 Å². The number of nitrogens with one attached hydrogen (secondary N) is 1. The number of hydrogen-bond acceptors (Lipinski definition) is 5. The molecule has 3 rings (SSSR count). The molecule has 1 saturated heterocycles. The van der Waals surface area contributed by atoms with Crippen LogP contribution in [-0.2, 0) is 27.1 Å². The van der Waals surface area contributed by atoms with Crippen molar-refractivity contribution in [1.82, 2.24) is 0 Å². The van der Waals surface area contributed by atoms with Crippen molar-refractivity contribution < 1.29 is 19.1 Å². The van der Waals surface area contributed by atoms with Crippen LogP contribution in [0.15, 0.2) is 0 Å². The Bertz CT molecular complexity index is 604. The highest BCUT2D eigenvalue weighted by Crippen LogP contribution is 2.38. The molecule has 1 aliphatic carbocycles. The highest BCUT2D eigenvalue weighted by Gasteiger charge is 2.29. The third-order valence-electron chi connectivity index (χ3n) is 4.52. The van der Waals surface area contributed by atoms with Crippen molar-refractivity contribution in [2.24, 2.45) is 0 Å².